The van der Waals surface area contributed by atoms with Crippen LogP contribution in [0.15, 0.2) is 30.7 Å². The molecule has 3 N–H and O–H groups in total. The lowest BCUT2D eigenvalue weighted by Gasteiger charge is -2.17. The molecule has 0 fully saturated rings. The molecule has 2 heterocycles. The average Bonchev–Trinajstić information content (AvgIpc) is 2.78. The summed E-state index contributed by atoms with van der Waals surface area (Å²) in [5.74, 6) is 6.71. The molecule has 0 radical (unpaired) electrons. The number of aryl methyl sites for hydroxylation is 3. The molecule has 0 spiro atoms. The number of nitrogens with two attached hydrogens (primary N) is 1. The van der Waals surface area contributed by atoms with Gasteiger partial charge in [0, 0.05) is 43.8 Å². The Balaban J connectivity index is 2.07. The summed E-state index contributed by atoms with van der Waals surface area (Å²) < 4.78 is 2.03. The second-order valence-electron chi connectivity index (χ2n) is 4.39. The van der Waals surface area contributed by atoms with Crippen LogP contribution in [0, 0.1) is 6.92 Å². The van der Waals surface area contributed by atoms with Gasteiger partial charge in [0.15, 0.2) is 0 Å². The molecule has 0 aliphatic carbocycles. The van der Waals surface area contributed by atoms with E-state index in [0.29, 0.717) is 0 Å². The highest BCUT2D eigenvalue weighted by Crippen LogP contribution is 2.19. The Labute approximate surface area is 107 Å². The van der Waals surface area contributed by atoms with Crippen molar-refractivity contribution < 1.29 is 0 Å². The van der Waals surface area contributed by atoms with Gasteiger partial charge in [-0.25, -0.2) is 4.98 Å². The Hall–Kier alpha value is -1.72. The number of imidazole rings is 1. The van der Waals surface area contributed by atoms with Crippen molar-refractivity contribution in [2.24, 2.45) is 12.9 Å². The first-order chi connectivity index (χ1) is 8.72. The molecule has 18 heavy (non-hydrogen) atoms. The van der Waals surface area contributed by atoms with E-state index in [0.717, 1.165) is 29.9 Å². The lowest BCUT2D eigenvalue weighted by Crippen LogP contribution is -2.29. The van der Waals surface area contributed by atoms with Gasteiger partial charge in [-0.1, -0.05) is 6.07 Å². The predicted molar refractivity (Wildman–Crippen MR) is 70.6 cm³/mol. The minimum Gasteiger partial charge on any atom is -0.338 e. The number of hydrogen-bond acceptors (Lipinski definition) is 4. The van der Waals surface area contributed by atoms with Crippen molar-refractivity contribution in [1.82, 2.24) is 20.0 Å². The van der Waals surface area contributed by atoms with Gasteiger partial charge >= 0.3 is 0 Å². The Morgan fingerprint density at radius 1 is 1.39 bits per heavy atom. The van der Waals surface area contributed by atoms with Gasteiger partial charge < -0.3 is 4.57 Å². The molecule has 0 aliphatic rings. The third kappa shape index (κ3) is 2.75. The SMILES string of the molecule is Cc1ncccc1C(CCc1nccn1C)NN. The third-order valence-corrected chi connectivity index (χ3v) is 3.20. The standard InChI is InChI=1S/C13H19N5/c1-10-11(4-3-7-15-10)12(17-14)5-6-13-16-8-9-18(13)2/h3-4,7-9,12,17H,5-6,14H2,1-2H3. The number of hydrogen-bond donors (Lipinski definition) is 2. The first-order valence-corrected chi connectivity index (χ1v) is 6.06. The van der Waals surface area contributed by atoms with Crippen LogP contribution in [0.2, 0.25) is 0 Å². The maximum Gasteiger partial charge on any atom is 0.108 e. The molecule has 0 saturated carbocycles. The molecule has 0 amide bonds. The first-order valence-electron chi connectivity index (χ1n) is 6.06. The van der Waals surface area contributed by atoms with E-state index in [2.05, 4.69) is 21.5 Å². The van der Waals surface area contributed by atoms with Crippen LogP contribution in [0.25, 0.3) is 0 Å². The van der Waals surface area contributed by atoms with Gasteiger partial charge in [-0.2, -0.15) is 0 Å². The zero-order valence-electron chi connectivity index (χ0n) is 10.8. The molecule has 1 unspecified atom stereocenters. The fourth-order valence-electron chi connectivity index (χ4n) is 2.10. The summed E-state index contributed by atoms with van der Waals surface area (Å²) >= 11 is 0. The Morgan fingerprint density at radius 2 is 2.22 bits per heavy atom. The van der Waals surface area contributed by atoms with Crippen LogP contribution >= 0.6 is 0 Å². The molecule has 0 aromatic carbocycles. The highest BCUT2D eigenvalue weighted by Gasteiger charge is 2.13. The van der Waals surface area contributed by atoms with Crippen LogP contribution in [-0.2, 0) is 13.5 Å². The fourth-order valence-corrected chi connectivity index (χ4v) is 2.10. The van der Waals surface area contributed by atoms with Gasteiger partial charge in [0.1, 0.15) is 5.82 Å². The number of nitrogens with zero attached hydrogens (tertiary/aromatic N) is 3. The zero-order valence-corrected chi connectivity index (χ0v) is 10.8. The third-order valence-electron chi connectivity index (χ3n) is 3.20. The first kappa shape index (κ1) is 12.7. The molecular formula is C13H19N5. The summed E-state index contributed by atoms with van der Waals surface area (Å²) in [5, 5.41) is 0. The normalized spacial score (nSPS) is 12.6. The second kappa shape index (κ2) is 5.75. The minimum atomic E-state index is 0.107. The molecule has 0 saturated heterocycles. The maximum absolute atomic E-state index is 5.65. The smallest absolute Gasteiger partial charge is 0.108 e. The van der Waals surface area contributed by atoms with Gasteiger partial charge in [-0.3, -0.25) is 16.3 Å². The Kier molecular flexibility index (Phi) is 4.07. The number of rotatable bonds is 5. The van der Waals surface area contributed by atoms with Crippen molar-refractivity contribution in [3.05, 3.63) is 47.8 Å². The monoisotopic (exact) mass is 245 g/mol. The van der Waals surface area contributed by atoms with Crippen LogP contribution in [0.5, 0.6) is 0 Å². The van der Waals surface area contributed by atoms with Crippen molar-refractivity contribution in [2.75, 3.05) is 0 Å². The fraction of sp³-hybridized carbons (Fsp3) is 0.385. The van der Waals surface area contributed by atoms with Crippen LogP contribution in [0.1, 0.15) is 29.5 Å². The highest BCUT2D eigenvalue weighted by molar-refractivity contribution is 5.22. The molecule has 96 valence electrons. The molecule has 5 nitrogen and oxygen atoms in total. The summed E-state index contributed by atoms with van der Waals surface area (Å²) in [7, 11) is 2.00. The molecule has 5 heteroatoms. The van der Waals surface area contributed by atoms with E-state index >= 15 is 0 Å². The summed E-state index contributed by atoms with van der Waals surface area (Å²) in [5.41, 5.74) is 5.03. The van der Waals surface area contributed by atoms with E-state index in [4.69, 9.17) is 5.84 Å². The lowest BCUT2D eigenvalue weighted by atomic mass is 10.0. The molecule has 0 bridgehead atoms. The van der Waals surface area contributed by atoms with Gasteiger partial charge in [0.05, 0.1) is 0 Å². The molecule has 2 aromatic heterocycles. The Morgan fingerprint density at radius 3 is 2.83 bits per heavy atom. The average molecular weight is 245 g/mol. The number of nitrogens with one attached hydrogen (secondary N) is 1. The van der Waals surface area contributed by atoms with E-state index in [1.165, 1.54) is 0 Å². The van der Waals surface area contributed by atoms with Gasteiger partial charge in [0.25, 0.3) is 0 Å². The van der Waals surface area contributed by atoms with Gasteiger partial charge in [-0.05, 0) is 25.0 Å². The molecule has 2 aromatic rings. The molecule has 0 aliphatic heterocycles. The van der Waals surface area contributed by atoms with E-state index < -0.39 is 0 Å². The van der Waals surface area contributed by atoms with Crippen LogP contribution in [0.3, 0.4) is 0 Å². The molecular weight excluding hydrogens is 226 g/mol. The van der Waals surface area contributed by atoms with E-state index in [1.807, 2.05) is 37.0 Å². The van der Waals surface area contributed by atoms with E-state index in [9.17, 15) is 0 Å². The molecule has 2 rings (SSSR count). The second-order valence-corrected chi connectivity index (χ2v) is 4.39. The summed E-state index contributed by atoms with van der Waals surface area (Å²) in [4.78, 5) is 8.61. The van der Waals surface area contributed by atoms with Crippen LogP contribution in [0.4, 0.5) is 0 Å². The van der Waals surface area contributed by atoms with Crippen molar-refractivity contribution in [1.29, 1.82) is 0 Å². The zero-order chi connectivity index (χ0) is 13.0. The summed E-state index contributed by atoms with van der Waals surface area (Å²) in [6.45, 7) is 2.00. The van der Waals surface area contributed by atoms with Crippen molar-refractivity contribution >= 4 is 0 Å². The highest BCUT2D eigenvalue weighted by atomic mass is 15.2. The van der Waals surface area contributed by atoms with E-state index in [-0.39, 0.29) is 6.04 Å². The largest absolute Gasteiger partial charge is 0.338 e. The van der Waals surface area contributed by atoms with Crippen LogP contribution < -0.4 is 11.3 Å². The van der Waals surface area contributed by atoms with Gasteiger partial charge in [-0.15, -0.1) is 0 Å². The number of aromatic nitrogens is 3. The van der Waals surface area contributed by atoms with Gasteiger partial charge in [0.2, 0.25) is 0 Å². The molecule has 1 atom stereocenters. The lowest BCUT2D eigenvalue weighted by molar-refractivity contribution is 0.502. The van der Waals surface area contributed by atoms with Crippen molar-refractivity contribution in [2.45, 2.75) is 25.8 Å². The number of pyridine rings is 1. The van der Waals surface area contributed by atoms with E-state index in [1.54, 1.807) is 6.20 Å². The minimum absolute atomic E-state index is 0.107. The topological polar surface area (TPSA) is 68.8 Å². The quantitative estimate of drug-likeness (QED) is 0.614. The number of hydrazine groups is 1. The van der Waals surface area contributed by atoms with Crippen LogP contribution in [-0.4, -0.2) is 14.5 Å². The van der Waals surface area contributed by atoms with Crippen molar-refractivity contribution in [3.63, 3.8) is 0 Å². The predicted octanol–water partition coefficient (Wildman–Crippen LogP) is 1.26. The maximum atomic E-state index is 5.65. The Bertz CT molecular complexity index is 506. The van der Waals surface area contributed by atoms with Crippen molar-refractivity contribution in [3.8, 4) is 0 Å². The summed E-state index contributed by atoms with van der Waals surface area (Å²) in [6.07, 6.45) is 7.34. The summed E-state index contributed by atoms with van der Waals surface area (Å²) in [6, 6.07) is 4.11.